The topological polar surface area (TPSA) is 101 Å². The third kappa shape index (κ3) is 4.00. The van der Waals surface area contributed by atoms with Crippen molar-refractivity contribution in [1.29, 1.82) is 0 Å². The second-order valence-corrected chi connectivity index (χ2v) is 4.19. The van der Waals surface area contributed by atoms with Gasteiger partial charge >= 0.3 is 5.97 Å². The number of benzene rings is 1. The van der Waals surface area contributed by atoms with E-state index < -0.39 is 11.9 Å². The molecule has 1 amide bonds. The Kier molecular flexibility index (Phi) is 4.45. The summed E-state index contributed by atoms with van der Waals surface area (Å²) in [6, 6.07) is 6.11. The summed E-state index contributed by atoms with van der Waals surface area (Å²) in [6.45, 7) is 1.50. The fraction of sp³-hybridized carbons (Fsp3) is 0.143. The Labute approximate surface area is 120 Å². The number of aromatic nitrogens is 2. The van der Waals surface area contributed by atoms with Crippen molar-refractivity contribution in [2.24, 2.45) is 0 Å². The molecule has 0 unspecified atom stereocenters. The largest absolute Gasteiger partial charge is 0.483 e. The highest BCUT2D eigenvalue weighted by Crippen LogP contribution is 2.19. The van der Waals surface area contributed by atoms with E-state index in [1.54, 1.807) is 19.1 Å². The van der Waals surface area contributed by atoms with Crippen molar-refractivity contribution in [3.05, 3.63) is 47.8 Å². The van der Waals surface area contributed by atoms with Crippen molar-refractivity contribution in [1.82, 2.24) is 9.97 Å². The van der Waals surface area contributed by atoms with Crippen LogP contribution in [0, 0.1) is 6.92 Å². The zero-order chi connectivity index (χ0) is 15.2. The quantitative estimate of drug-likeness (QED) is 0.864. The zero-order valence-corrected chi connectivity index (χ0v) is 11.2. The van der Waals surface area contributed by atoms with Gasteiger partial charge in [-0.2, -0.15) is 0 Å². The summed E-state index contributed by atoms with van der Waals surface area (Å²) < 4.78 is 5.33. The van der Waals surface area contributed by atoms with Crippen molar-refractivity contribution in [2.45, 2.75) is 6.92 Å². The maximum atomic E-state index is 11.7. The van der Waals surface area contributed by atoms with Crippen molar-refractivity contribution in [2.75, 3.05) is 11.9 Å². The van der Waals surface area contributed by atoms with Gasteiger partial charge in [0.2, 0.25) is 5.95 Å². The van der Waals surface area contributed by atoms with E-state index in [0.29, 0.717) is 5.75 Å². The molecule has 2 N–H and O–H groups in total. The molecule has 108 valence electrons. The average Bonchev–Trinajstić information content (AvgIpc) is 2.47. The van der Waals surface area contributed by atoms with Crippen LogP contribution in [0.15, 0.2) is 36.7 Å². The summed E-state index contributed by atoms with van der Waals surface area (Å²) in [5.74, 6) is -0.954. The number of amides is 1. The van der Waals surface area contributed by atoms with Gasteiger partial charge in [0, 0.05) is 12.4 Å². The summed E-state index contributed by atoms with van der Waals surface area (Å²) >= 11 is 0. The summed E-state index contributed by atoms with van der Waals surface area (Å²) in [5, 5.41) is 11.4. The Morgan fingerprint density at radius 1 is 1.29 bits per heavy atom. The Bertz CT molecular complexity index is 659. The van der Waals surface area contributed by atoms with Gasteiger partial charge in [-0.15, -0.1) is 0 Å². The molecule has 1 aromatic carbocycles. The lowest BCUT2D eigenvalue weighted by Crippen LogP contribution is -2.21. The van der Waals surface area contributed by atoms with Gasteiger partial charge in [0.25, 0.3) is 5.91 Å². The first-order valence-electron chi connectivity index (χ1n) is 6.10. The molecule has 7 heteroatoms. The Morgan fingerprint density at radius 3 is 2.67 bits per heavy atom. The van der Waals surface area contributed by atoms with Crippen LogP contribution in [0.2, 0.25) is 0 Å². The molecule has 0 atom stereocenters. The van der Waals surface area contributed by atoms with Crippen LogP contribution in [0.5, 0.6) is 5.75 Å². The fourth-order valence-corrected chi connectivity index (χ4v) is 1.56. The molecule has 0 aliphatic heterocycles. The molecule has 0 aliphatic rings. The van der Waals surface area contributed by atoms with Gasteiger partial charge in [-0.1, -0.05) is 6.07 Å². The molecule has 0 fully saturated rings. The van der Waals surface area contributed by atoms with E-state index in [9.17, 15) is 9.59 Å². The molecule has 1 aromatic heterocycles. The Hall–Kier alpha value is -2.96. The normalized spacial score (nSPS) is 9.95. The molecular formula is C14H13N3O4. The van der Waals surface area contributed by atoms with Crippen LogP contribution in [-0.2, 0) is 4.79 Å². The van der Waals surface area contributed by atoms with Crippen molar-refractivity contribution in [3.8, 4) is 5.75 Å². The number of nitrogens with zero attached hydrogens (tertiary/aromatic N) is 2. The number of carbonyl (C=O) groups excluding carboxylic acids is 1. The van der Waals surface area contributed by atoms with Crippen LogP contribution in [0.4, 0.5) is 5.95 Å². The standard InChI is InChI=1S/C14H13N3O4/c1-9-3-4-10(13(19)20)7-11(9)21-8-12(18)17-14-15-5-2-6-16-14/h2-7H,8H2,1H3,(H,19,20)(H,15,16,17,18). The molecule has 0 saturated heterocycles. The van der Waals surface area contributed by atoms with Crippen LogP contribution in [-0.4, -0.2) is 33.6 Å². The van der Waals surface area contributed by atoms with E-state index >= 15 is 0 Å². The molecule has 7 nitrogen and oxygen atoms in total. The minimum Gasteiger partial charge on any atom is -0.483 e. The summed E-state index contributed by atoms with van der Waals surface area (Å²) in [5.41, 5.74) is 0.839. The van der Waals surface area contributed by atoms with E-state index in [1.165, 1.54) is 24.5 Å². The Balaban J connectivity index is 1.98. The van der Waals surface area contributed by atoms with E-state index in [2.05, 4.69) is 15.3 Å². The van der Waals surface area contributed by atoms with Crippen LogP contribution in [0.1, 0.15) is 15.9 Å². The number of aromatic carboxylic acids is 1. The maximum Gasteiger partial charge on any atom is 0.335 e. The predicted octanol–water partition coefficient (Wildman–Crippen LogP) is 1.50. The molecule has 21 heavy (non-hydrogen) atoms. The first-order chi connectivity index (χ1) is 10.1. The fourth-order valence-electron chi connectivity index (χ4n) is 1.56. The molecule has 0 spiro atoms. The lowest BCUT2D eigenvalue weighted by atomic mass is 10.1. The highest BCUT2D eigenvalue weighted by atomic mass is 16.5. The van der Waals surface area contributed by atoms with Crippen LogP contribution >= 0.6 is 0 Å². The van der Waals surface area contributed by atoms with Crippen molar-refractivity contribution >= 4 is 17.8 Å². The van der Waals surface area contributed by atoms with Crippen molar-refractivity contribution in [3.63, 3.8) is 0 Å². The molecule has 2 rings (SSSR count). The van der Waals surface area contributed by atoms with Gasteiger partial charge in [0.1, 0.15) is 5.75 Å². The number of carboxylic acids is 1. The SMILES string of the molecule is Cc1ccc(C(=O)O)cc1OCC(=O)Nc1ncccn1. The maximum absolute atomic E-state index is 11.7. The van der Waals surface area contributed by atoms with Crippen molar-refractivity contribution < 1.29 is 19.4 Å². The van der Waals surface area contributed by atoms with Crippen LogP contribution in [0.25, 0.3) is 0 Å². The highest BCUT2D eigenvalue weighted by Gasteiger charge is 2.10. The number of hydrogen-bond donors (Lipinski definition) is 2. The van der Waals surface area contributed by atoms with Crippen LogP contribution in [0.3, 0.4) is 0 Å². The molecule has 2 aromatic rings. The second-order valence-electron chi connectivity index (χ2n) is 4.19. The number of anilines is 1. The van der Waals surface area contributed by atoms with Crippen LogP contribution < -0.4 is 10.1 Å². The number of ether oxygens (including phenoxy) is 1. The Morgan fingerprint density at radius 2 is 2.00 bits per heavy atom. The number of rotatable bonds is 5. The molecule has 0 saturated carbocycles. The summed E-state index contributed by atoms with van der Waals surface area (Å²) in [6.07, 6.45) is 3.01. The highest BCUT2D eigenvalue weighted by molar-refractivity contribution is 5.90. The molecule has 0 radical (unpaired) electrons. The van der Waals surface area contributed by atoms with E-state index in [1.807, 2.05) is 0 Å². The molecule has 0 aliphatic carbocycles. The van der Waals surface area contributed by atoms with E-state index in [4.69, 9.17) is 9.84 Å². The van der Waals surface area contributed by atoms with Gasteiger partial charge in [-0.25, -0.2) is 14.8 Å². The number of carbonyl (C=O) groups is 2. The lowest BCUT2D eigenvalue weighted by Gasteiger charge is -2.09. The summed E-state index contributed by atoms with van der Waals surface area (Å²) in [4.78, 5) is 30.3. The van der Waals surface area contributed by atoms with E-state index in [0.717, 1.165) is 5.56 Å². The van der Waals surface area contributed by atoms with Gasteiger partial charge in [-0.05, 0) is 30.7 Å². The second kappa shape index (κ2) is 6.47. The van der Waals surface area contributed by atoms with Gasteiger partial charge in [0.05, 0.1) is 5.56 Å². The zero-order valence-electron chi connectivity index (χ0n) is 11.2. The molecular weight excluding hydrogens is 274 g/mol. The smallest absolute Gasteiger partial charge is 0.335 e. The number of carboxylic acid groups (broad SMARTS) is 1. The molecule has 1 heterocycles. The minimum atomic E-state index is -1.05. The third-order valence-electron chi connectivity index (χ3n) is 2.61. The number of aryl methyl sites for hydroxylation is 1. The monoisotopic (exact) mass is 287 g/mol. The first kappa shape index (κ1) is 14.4. The lowest BCUT2D eigenvalue weighted by molar-refractivity contribution is -0.118. The third-order valence-corrected chi connectivity index (χ3v) is 2.61. The van der Waals surface area contributed by atoms with Gasteiger partial charge < -0.3 is 9.84 Å². The summed E-state index contributed by atoms with van der Waals surface area (Å²) in [7, 11) is 0. The predicted molar refractivity (Wildman–Crippen MR) is 74.3 cm³/mol. The number of hydrogen-bond acceptors (Lipinski definition) is 5. The number of nitrogens with one attached hydrogen (secondary N) is 1. The first-order valence-corrected chi connectivity index (χ1v) is 6.10. The van der Waals surface area contributed by atoms with E-state index in [-0.39, 0.29) is 18.1 Å². The average molecular weight is 287 g/mol. The minimum absolute atomic E-state index is 0.0994. The molecule has 0 bridgehead atoms. The van der Waals surface area contributed by atoms with Gasteiger partial charge in [0.15, 0.2) is 6.61 Å². The van der Waals surface area contributed by atoms with Gasteiger partial charge in [-0.3, -0.25) is 10.1 Å².